The Balaban J connectivity index is 2.23. The molecule has 2 aromatic rings. The van der Waals surface area contributed by atoms with Gasteiger partial charge >= 0.3 is 0 Å². The number of benzene rings is 1. The third-order valence-electron chi connectivity index (χ3n) is 3.21. The van der Waals surface area contributed by atoms with E-state index in [1.807, 2.05) is 18.2 Å². The van der Waals surface area contributed by atoms with E-state index < -0.39 is 0 Å². The average molecular weight is 310 g/mol. The van der Waals surface area contributed by atoms with Gasteiger partial charge in [0.2, 0.25) is 0 Å². The highest BCUT2D eigenvalue weighted by molar-refractivity contribution is 7.14. The fourth-order valence-corrected chi connectivity index (χ4v) is 3.40. The molecule has 0 saturated heterocycles. The molecule has 5 heteroatoms. The number of hydrogen-bond acceptors (Lipinski definition) is 4. The molecule has 20 heavy (non-hydrogen) atoms. The first-order valence-corrected chi connectivity index (χ1v) is 8.18. The molecule has 0 aliphatic rings. The van der Waals surface area contributed by atoms with Gasteiger partial charge in [-0.05, 0) is 44.0 Å². The summed E-state index contributed by atoms with van der Waals surface area (Å²) in [5.41, 5.74) is 2.25. The monoisotopic (exact) mass is 309 g/mol. The number of hydrogen-bond donors (Lipinski definition) is 1. The zero-order chi connectivity index (χ0) is 14.5. The summed E-state index contributed by atoms with van der Waals surface area (Å²) in [5, 5.41) is 15.0. The summed E-state index contributed by atoms with van der Waals surface area (Å²) in [5.74, 6) is 0. The topological polar surface area (TPSA) is 37.8 Å². The van der Waals surface area contributed by atoms with Crippen LogP contribution in [0.15, 0.2) is 18.2 Å². The maximum atomic E-state index is 6.00. The number of aromatic nitrogens is 2. The molecule has 2 rings (SSSR count). The van der Waals surface area contributed by atoms with Crippen molar-refractivity contribution in [2.75, 3.05) is 6.54 Å². The Morgan fingerprint density at radius 1 is 1.30 bits per heavy atom. The maximum absolute atomic E-state index is 6.00. The van der Waals surface area contributed by atoms with Crippen LogP contribution >= 0.6 is 22.9 Å². The molecule has 1 atom stereocenters. The minimum atomic E-state index is 0.300. The average Bonchev–Trinajstić information content (AvgIpc) is 2.89. The highest BCUT2D eigenvalue weighted by Gasteiger charge is 2.16. The number of nitrogens with zero attached hydrogens (tertiary/aromatic N) is 2. The van der Waals surface area contributed by atoms with Gasteiger partial charge in [-0.25, -0.2) is 0 Å². The lowest BCUT2D eigenvalue weighted by Crippen LogP contribution is -2.21. The first-order chi connectivity index (χ1) is 9.65. The molecular formula is C15H20ClN3S. The van der Waals surface area contributed by atoms with E-state index in [0.717, 1.165) is 45.6 Å². The fraction of sp³-hybridized carbons (Fsp3) is 0.467. The summed E-state index contributed by atoms with van der Waals surface area (Å²) >= 11 is 7.66. The second-order valence-corrected chi connectivity index (χ2v) is 6.27. The summed E-state index contributed by atoms with van der Waals surface area (Å²) in [6, 6.07) is 6.18. The quantitative estimate of drug-likeness (QED) is 0.846. The minimum Gasteiger partial charge on any atom is -0.308 e. The molecule has 108 valence electrons. The maximum Gasteiger partial charge on any atom is 0.148 e. The second kappa shape index (κ2) is 7.16. The third kappa shape index (κ3) is 3.57. The molecule has 0 aliphatic heterocycles. The first kappa shape index (κ1) is 15.4. The summed E-state index contributed by atoms with van der Waals surface area (Å²) in [7, 11) is 0. The van der Waals surface area contributed by atoms with Gasteiger partial charge < -0.3 is 5.32 Å². The zero-order valence-electron chi connectivity index (χ0n) is 12.1. The van der Waals surface area contributed by atoms with Gasteiger partial charge in [-0.15, -0.1) is 10.2 Å². The molecule has 1 heterocycles. The molecule has 1 aromatic carbocycles. The second-order valence-electron chi connectivity index (χ2n) is 4.82. The Morgan fingerprint density at radius 2 is 2.10 bits per heavy atom. The molecule has 0 spiro atoms. The standard InChI is InChI=1S/C15H20ClN3S/c1-4-8-17-13(5-2)15-19-18-14(20-15)12-7-6-11(16)9-10(12)3/h6-7,9,13,17H,4-5,8H2,1-3H3. The summed E-state index contributed by atoms with van der Waals surface area (Å²) in [4.78, 5) is 0. The van der Waals surface area contributed by atoms with Crippen LogP contribution in [0.1, 0.15) is 43.3 Å². The predicted octanol–water partition coefficient (Wildman–Crippen LogP) is 4.62. The van der Waals surface area contributed by atoms with Crippen molar-refractivity contribution in [3.05, 3.63) is 33.8 Å². The lowest BCUT2D eigenvalue weighted by molar-refractivity contribution is 0.513. The molecule has 0 saturated carbocycles. The van der Waals surface area contributed by atoms with Crippen LogP contribution in [0.25, 0.3) is 10.6 Å². The van der Waals surface area contributed by atoms with Crippen LogP contribution in [0, 0.1) is 6.92 Å². The Kier molecular flexibility index (Phi) is 5.52. The molecular weight excluding hydrogens is 290 g/mol. The molecule has 0 aliphatic carbocycles. The van der Waals surface area contributed by atoms with Crippen LogP contribution in [-0.4, -0.2) is 16.7 Å². The largest absolute Gasteiger partial charge is 0.308 e. The molecule has 1 N–H and O–H groups in total. The van der Waals surface area contributed by atoms with Crippen molar-refractivity contribution < 1.29 is 0 Å². The van der Waals surface area contributed by atoms with Crippen LogP contribution in [0.2, 0.25) is 5.02 Å². The molecule has 1 unspecified atom stereocenters. The summed E-state index contributed by atoms with van der Waals surface area (Å²) in [6.07, 6.45) is 2.15. The summed E-state index contributed by atoms with van der Waals surface area (Å²) in [6.45, 7) is 7.40. The smallest absolute Gasteiger partial charge is 0.148 e. The van der Waals surface area contributed by atoms with Gasteiger partial charge in [-0.2, -0.15) is 0 Å². The van der Waals surface area contributed by atoms with Crippen LogP contribution in [0.4, 0.5) is 0 Å². The molecule has 3 nitrogen and oxygen atoms in total. The van der Waals surface area contributed by atoms with Crippen molar-refractivity contribution in [1.82, 2.24) is 15.5 Å². The SMILES string of the molecule is CCCNC(CC)c1nnc(-c2ccc(Cl)cc2C)s1. The van der Waals surface area contributed by atoms with Gasteiger partial charge in [-0.3, -0.25) is 0 Å². The molecule has 0 fully saturated rings. The van der Waals surface area contributed by atoms with Crippen molar-refractivity contribution in [3.8, 4) is 10.6 Å². The van der Waals surface area contributed by atoms with Gasteiger partial charge in [0, 0.05) is 10.6 Å². The third-order valence-corrected chi connectivity index (χ3v) is 4.51. The first-order valence-electron chi connectivity index (χ1n) is 6.99. The normalized spacial score (nSPS) is 12.6. The van der Waals surface area contributed by atoms with E-state index >= 15 is 0 Å². The van der Waals surface area contributed by atoms with E-state index in [2.05, 4.69) is 36.3 Å². The van der Waals surface area contributed by atoms with Crippen LogP contribution in [-0.2, 0) is 0 Å². The zero-order valence-corrected chi connectivity index (χ0v) is 13.7. The van der Waals surface area contributed by atoms with E-state index in [0.29, 0.717) is 6.04 Å². The van der Waals surface area contributed by atoms with E-state index in [9.17, 15) is 0 Å². The van der Waals surface area contributed by atoms with Crippen molar-refractivity contribution in [2.24, 2.45) is 0 Å². The van der Waals surface area contributed by atoms with Crippen molar-refractivity contribution >= 4 is 22.9 Å². The number of nitrogens with one attached hydrogen (secondary N) is 1. The molecule has 0 bridgehead atoms. The number of halogens is 1. The van der Waals surface area contributed by atoms with Gasteiger partial charge in [0.1, 0.15) is 10.0 Å². The Morgan fingerprint density at radius 3 is 2.75 bits per heavy atom. The van der Waals surface area contributed by atoms with Crippen molar-refractivity contribution in [3.63, 3.8) is 0 Å². The lowest BCUT2D eigenvalue weighted by atomic mass is 10.1. The molecule has 1 aromatic heterocycles. The van der Waals surface area contributed by atoms with Gasteiger partial charge in [0.25, 0.3) is 0 Å². The Hall–Kier alpha value is -0.970. The van der Waals surface area contributed by atoms with E-state index in [-0.39, 0.29) is 0 Å². The van der Waals surface area contributed by atoms with Gasteiger partial charge in [0.05, 0.1) is 6.04 Å². The predicted molar refractivity (Wildman–Crippen MR) is 86.4 cm³/mol. The van der Waals surface area contributed by atoms with Gasteiger partial charge in [0.15, 0.2) is 0 Å². The van der Waals surface area contributed by atoms with E-state index in [4.69, 9.17) is 11.6 Å². The van der Waals surface area contributed by atoms with Gasteiger partial charge in [-0.1, -0.05) is 42.9 Å². The van der Waals surface area contributed by atoms with Crippen molar-refractivity contribution in [2.45, 2.75) is 39.7 Å². The van der Waals surface area contributed by atoms with E-state index in [1.165, 1.54) is 0 Å². The van der Waals surface area contributed by atoms with E-state index in [1.54, 1.807) is 11.3 Å². The molecule has 0 amide bonds. The van der Waals surface area contributed by atoms with Crippen molar-refractivity contribution in [1.29, 1.82) is 0 Å². The minimum absolute atomic E-state index is 0.300. The highest BCUT2D eigenvalue weighted by Crippen LogP contribution is 2.31. The van der Waals surface area contributed by atoms with Crippen LogP contribution in [0.3, 0.4) is 0 Å². The Bertz CT molecular complexity index is 568. The Labute approximate surface area is 129 Å². The fourth-order valence-electron chi connectivity index (χ4n) is 2.08. The molecule has 0 radical (unpaired) electrons. The lowest BCUT2D eigenvalue weighted by Gasteiger charge is -2.12. The number of aryl methyl sites for hydroxylation is 1. The van der Waals surface area contributed by atoms with Crippen LogP contribution in [0.5, 0.6) is 0 Å². The highest BCUT2D eigenvalue weighted by atomic mass is 35.5. The summed E-state index contributed by atoms with van der Waals surface area (Å²) < 4.78 is 0. The van der Waals surface area contributed by atoms with Crippen LogP contribution < -0.4 is 5.32 Å². The number of rotatable bonds is 6.